The number of thiophene rings is 1. The Balaban J connectivity index is 0.00000156. The Kier molecular flexibility index (Phi) is 5.46. The third kappa shape index (κ3) is 3.37. The largest absolute Gasteiger partial charge is 0.306 e. The standard InChI is InChI=1S/C19H20BrNS.BrH/c1-21-10-8-14(9-11-21)18-16-5-3-2-4-13(16)6-7-15-12-17(20)22-19(15)18;/h2-5,12H,6-11H2,1H3;1H. The molecule has 2 aliphatic rings. The van der Waals surface area contributed by atoms with E-state index >= 15 is 0 Å². The summed E-state index contributed by atoms with van der Waals surface area (Å²) < 4.78 is 1.27. The Labute approximate surface area is 161 Å². The molecule has 0 saturated carbocycles. The minimum absolute atomic E-state index is 0. The first-order valence-corrected chi connectivity index (χ1v) is 9.61. The van der Waals surface area contributed by atoms with Crippen LogP contribution in [-0.2, 0) is 12.8 Å². The van der Waals surface area contributed by atoms with Gasteiger partial charge in [0.25, 0.3) is 0 Å². The molecule has 1 aromatic carbocycles. The second-order valence-corrected chi connectivity index (χ2v) is 8.78. The number of benzene rings is 1. The van der Waals surface area contributed by atoms with Crippen molar-refractivity contribution in [1.82, 2.24) is 4.90 Å². The predicted octanol–water partition coefficient (Wildman–Crippen LogP) is 5.71. The second kappa shape index (κ2) is 7.22. The molecule has 23 heavy (non-hydrogen) atoms. The topological polar surface area (TPSA) is 3.24 Å². The molecule has 0 N–H and O–H groups in total. The third-order valence-corrected chi connectivity index (χ3v) is 6.60. The highest BCUT2D eigenvalue weighted by atomic mass is 79.9. The second-order valence-electron chi connectivity index (χ2n) is 6.34. The van der Waals surface area contributed by atoms with Gasteiger partial charge in [0.1, 0.15) is 0 Å². The number of piperidine rings is 1. The average molecular weight is 455 g/mol. The molecule has 1 aliphatic carbocycles. The first-order chi connectivity index (χ1) is 10.7. The fourth-order valence-electron chi connectivity index (χ4n) is 3.66. The van der Waals surface area contributed by atoms with Gasteiger partial charge < -0.3 is 4.90 Å². The summed E-state index contributed by atoms with van der Waals surface area (Å²) in [5.41, 5.74) is 7.73. The average Bonchev–Trinajstić information content (AvgIpc) is 2.82. The zero-order chi connectivity index (χ0) is 15.1. The maximum atomic E-state index is 3.71. The molecule has 1 saturated heterocycles. The lowest BCUT2D eigenvalue weighted by atomic mass is 9.90. The van der Waals surface area contributed by atoms with Crippen LogP contribution in [0.1, 0.15) is 34.4 Å². The highest BCUT2D eigenvalue weighted by Gasteiger charge is 2.24. The van der Waals surface area contributed by atoms with E-state index in [9.17, 15) is 0 Å². The molecule has 1 aromatic heterocycles. The van der Waals surface area contributed by atoms with Crippen LogP contribution in [0.25, 0.3) is 5.57 Å². The molecule has 0 radical (unpaired) electrons. The molecular weight excluding hydrogens is 434 g/mol. The van der Waals surface area contributed by atoms with Gasteiger partial charge in [-0.3, -0.25) is 0 Å². The van der Waals surface area contributed by atoms with Gasteiger partial charge in [0.15, 0.2) is 0 Å². The number of aryl methyl sites for hydroxylation is 2. The molecule has 1 nitrogen and oxygen atoms in total. The van der Waals surface area contributed by atoms with Crippen LogP contribution in [0.4, 0.5) is 0 Å². The smallest absolute Gasteiger partial charge is 0.0707 e. The van der Waals surface area contributed by atoms with Crippen molar-refractivity contribution >= 4 is 49.8 Å². The van der Waals surface area contributed by atoms with Gasteiger partial charge in [-0.2, -0.15) is 0 Å². The fourth-order valence-corrected chi connectivity index (χ4v) is 5.46. The van der Waals surface area contributed by atoms with E-state index in [4.69, 9.17) is 0 Å². The van der Waals surface area contributed by atoms with Crippen molar-refractivity contribution in [2.24, 2.45) is 0 Å². The summed E-state index contributed by atoms with van der Waals surface area (Å²) in [6, 6.07) is 11.4. The lowest BCUT2D eigenvalue weighted by molar-refractivity contribution is 0.313. The number of nitrogens with zero attached hydrogens (tertiary/aromatic N) is 1. The van der Waals surface area contributed by atoms with Crippen LogP contribution < -0.4 is 0 Å². The minimum atomic E-state index is 0. The Morgan fingerprint density at radius 3 is 2.48 bits per heavy atom. The van der Waals surface area contributed by atoms with Gasteiger partial charge >= 0.3 is 0 Å². The van der Waals surface area contributed by atoms with Crippen molar-refractivity contribution in [3.8, 4) is 0 Å². The normalized spacial score (nSPS) is 18.0. The van der Waals surface area contributed by atoms with Crippen molar-refractivity contribution in [2.75, 3.05) is 20.1 Å². The molecular formula is C19H21Br2NS. The molecule has 0 amide bonds. The summed E-state index contributed by atoms with van der Waals surface area (Å²) in [4.78, 5) is 3.95. The molecule has 1 fully saturated rings. The number of halogens is 2. The number of hydrogen-bond acceptors (Lipinski definition) is 2. The van der Waals surface area contributed by atoms with E-state index in [0.29, 0.717) is 0 Å². The van der Waals surface area contributed by atoms with E-state index in [1.807, 2.05) is 11.3 Å². The van der Waals surface area contributed by atoms with Crippen LogP contribution in [0.2, 0.25) is 0 Å². The SMILES string of the molecule is Br.CN1CCC(=C2c3ccccc3CCc3cc(Br)sc32)CC1. The van der Waals surface area contributed by atoms with Gasteiger partial charge in [0.2, 0.25) is 0 Å². The first kappa shape index (κ1) is 17.4. The van der Waals surface area contributed by atoms with Gasteiger partial charge in [-0.25, -0.2) is 0 Å². The zero-order valence-corrected chi connectivity index (χ0v) is 17.4. The predicted molar refractivity (Wildman–Crippen MR) is 109 cm³/mol. The summed E-state index contributed by atoms with van der Waals surface area (Å²) in [7, 11) is 2.23. The number of fused-ring (bicyclic) bond motifs is 2. The molecule has 4 heteroatoms. The summed E-state index contributed by atoms with van der Waals surface area (Å²) in [6.45, 7) is 2.37. The van der Waals surface area contributed by atoms with E-state index < -0.39 is 0 Å². The molecule has 2 heterocycles. The van der Waals surface area contributed by atoms with Crippen molar-refractivity contribution in [1.29, 1.82) is 0 Å². The van der Waals surface area contributed by atoms with Gasteiger partial charge in [0, 0.05) is 18.0 Å². The maximum absolute atomic E-state index is 3.71. The van der Waals surface area contributed by atoms with E-state index in [0.717, 1.165) is 12.8 Å². The van der Waals surface area contributed by atoms with Gasteiger partial charge in [0.05, 0.1) is 3.79 Å². The molecule has 1 aliphatic heterocycles. The van der Waals surface area contributed by atoms with Crippen molar-refractivity contribution in [3.05, 3.63) is 61.3 Å². The van der Waals surface area contributed by atoms with Crippen LogP contribution in [0.3, 0.4) is 0 Å². The molecule has 0 bridgehead atoms. The number of hydrogen-bond donors (Lipinski definition) is 0. The summed E-state index contributed by atoms with van der Waals surface area (Å²) >= 11 is 5.62. The monoisotopic (exact) mass is 453 g/mol. The van der Waals surface area contributed by atoms with Crippen LogP contribution in [0.5, 0.6) is 0 Å². The van der Waals surface area contributed by atoms with Gasteiger partial charge in [-0.05, 0) is 77.0 Å². The van der Waals surface area contributed by atoms with Gasteiger partial charge in [-0.15, -0.1) is 28.3 Å². The maximum Gasteiger partial charge on any atom is 0.0707 e. The quantitative estimate of drug-likeness (QED) is 0.492. The Morgan fingerprint density at radius 2 is 1.70 bits per heavy atom. The van der Waals surface area contributed by atoms with Gasteiger partial charge in [-0.1, -0.05) is 29.8 Å². The minimum Gasteiger partial charge on any atom is -0.306 e. The van der Waals surface area contributed by atoms with E-state index in [1.54, 1.807) is 11.1 Å². The third-order valence-electron chi connectivity index (χ3n) is 4.90. The Morgan fingerprint density at radius 1 is 1.00 bits per heavy atom. The summed E-state index contributed by atoms with van der Waals surface area (Å²) in [5.74, 6) is 0. The van der Waals surface area contributed by atoms with E-state index in [-0.39, 0.29) is 17.0 Å². The Hall–Kier alpha value is -0.420. The molecule has 4 rings (SSSR count). The first-order valence-electron chi connectivity index (χ1n) is 8.00. The van der Waals surface area contributed by atoms with E-state index in [2.05, 4.69) is 58.2 Å². The van der Waals surface area contributed by atoms with Crippen LogP contribution in [0.15, 0.2) is 39.7 Å². The highest BCUT2D eigenvalue weighted by molar-refractivity contribution is 9.11. The fraction of sp³-hybridized carbons (Fsp3) is 0.368. The van der Waals surface area contributed by atoms with Crippen molar-refractivity contribution < 1.29 is 0 Å². The molecule has 0 unspecified atom stereocenters. The lowest BCUT2D eigenvalue weighted by Crippen LogP contribution is -2.26. The summed E-state index contributed by atoms with van der Waals surface area (Å²) in [5, 5.41) is 0. The molecule has 122 valence electrons. The molecule has 0 spiro atoms. The summed E-state index contributed by atoms with van der Waals surface area (Å²) in [6.07, 6.45) is 4.72. The Bertz CT molecular complexity index is 738. The molecule has 2 aromatic rings. The lowest BCUT2D eigenvalue weighted by Gasteiger charge is -2.27. The highest BCUT2D eigenvalue weighted by Crippen LogP contribution is 2.43. The van der Waals surface area contributed by atoms with E-state index in [1.165, 1.54) is 51.3 Å². The van der Waals surface area contributed by atoms with Crippen LogP contribution in [-0.4, -0.2) is 25.0 Å². The molecule has 0 atom stereocenters. The number of rotatable bonds is 0. The van der Waals surface area contributed by atoms with Crippen LogP contribution in [0, 0.1) is 0 Å². The zero-order valence-electron chi connectivity index (χ0n) is 13.3. The van der Waals surface area contributed by atoms with Crippen LogP contribution >= 0.6 is 44.2 Å². The van der Waals surface area contributed by atoms with Crippen molar-refractivity contribution in [2.45, 2.75) is 25.7 Å². The number of likely N-dealkylation sites (tertiary alicyclic amines) is 1. The van der Waals surface area contributed by atoms with Crippen molar-refractivity contribution in [3.63, 3.8) is 0 Å².